The lowest BCUT2D eigenvalue weighted by Gasteiger charge is -2.28. The molecule has 2 N–H and O–H groups in total. The fraction of sp³-hybridized carbons (Fsp3) is 0.368. The van der Waals surface area contributed by atoms with Crippen LogP contribution in [0.1, 0.15) is 10.4 Å². The molecule has 3 rings (SSSR count). The Bertz CT molecular complexity index is 835. The summed E-state index contributed by atoms with van der Waals surface area (Å²) in [6, 6.07) is 10.9. The number of halogens is 3. The van der Waals surface area contributed by atoms with Gasteiger partial charge in [-0.2, -0.15) is 13.2 Å². The Kier molecular flexibility index (Phi) is 8.22. The maximum absolute atomic E-state index is 12.0. The quantitative estimate of drug-likeness (QED) is 0.745. The average molecular weight is 413 g/mol. The second-order valence-corrected chi connectivity index (χ2v) is 6.03. The molecule has 0 bridgehead atoms. The highest BCUT2D eigenvalue weighted by Crippen LogP contribution is 2.11. The number of benzene rings is 1. The molecule has 29 heavy (non-hydrogen) atoms. The number of aliphatic hydroxyl groups excluding tert-OH is 1. The Morgan fingerprint density at radius 1 is 1.10 bits per heavy atom. The van der Waals surface area contributed by atoms with Crippen molar-refractivity contribution in [2.75, 3.05) is 37.8 Å². The molecule has 1 aromatic carbocycles. The molecule has 1 aromatic heterocycles. The van der Waals surface area contributed by atoms with Crippen LogP contribution in [0.3, 0.4) is 0 Å². The van der Waals surface area contributed by atoms with E-state index in [1.807, 2.05) is 17.0 Å². The highest BCUT2D eigenvalue weighted by Gasteiger charge is 2.30. The summed E-state index contributed by atoms with van der Waals surface area (Å²) in [4.78, 5) is 24.9. The van der Waals surface area contributed by atoms with Crippen LogP contribution in [-0.2, 0) is 11.3 Å². The van der Waals surface area contributed by atoms with E-state index in [0.29, 0.717) is 25.4 Å². The number of amides is 1. The third-order valence-electron chi connectivity index (χ3n) is 3.98. The Balaban J connectivity index is 0.000000212. The van der Waals surface area contributed by atoms with Crippen LogP contribution in [-0.4, -0.2) is 54.8 Å². The fourth-order valence-electron chi connectivity index (χ4n) is 2.64. The number of morpholine rings is 1. The number of carbonyl (C=O) groups is 1. The summed E-state index contributed by atoms with van der Waals surface area (Å²) in [5.41, 5.74) is 0.637. The molecule has 1 amide bonds. The molecule has 0 atom stereocenters. The number of hydrogen-bond donors (Lipinski definition) is 2. The first-order chi connectivity index (χ1) is 13.8. The number of alkyl halides is 3. The van der Waals surface area contributed by atoms with Crippen LogP contribution in [0.15, 0.2) is 53.5 Å². The number of aliphatic hydroxyl groups is 1. The molecule has 2 aromatic rings. The van der Waals surface area contributed by atoms with Crippen LogP contribution in [0.4, 0.5) is 18.9 Å². The zero-order valence-electron chi connectivity index (χ0n) is 15.6. The Labute approximate surface area is 165 Å². The molecule has 158 valence electrons. The number of carbonyl (C=O) groups excluding carboxylic acids is 1. The van der Waals surface area contributed by atoms with Crippen LogP contribution >= 0.6 is 0 Å². The first-order valence-corrected chi connectivity index (χ1v) is 8.89. The van der Waals surface area contributed by atoms with Gasteiger partial charge in [0, 0.05) is 31.4 Å². The molecule has 1 fully saturated rings. The van der Waals surface area contributed by atoms with Crippen molar-refractivity contribution in [2.45, 2.75) is 12.8 Å². The van der Waals surface area contributed by atoms with Crippen LogP contribution in [0.25, 0.3) is 0 Å². The molecule has 1 saturated heterocycles. The number of rotatable bonds is 4. The summed E-state index contributed by atoms with van der Waals surface area (Å²) >= 11 is 0. The third kappa shape index (κ3) is 7.24. The number of anilines is 1. The van der Waals surface area contributed by atoms with Crippen molar-refractivity contribution >= 4 is 11.6 Å². The largest absolute Gasteiger partial charge is 0.484 e. The topological polar surface area (TPSA) is 83.8 Å². The van der Waals surface area contributed by atoms with Crippen LogP contribution in [0.5, 0.6) is 0 Å². The van der Waals surface area contributed by atoms with Crippen molar-refractivity contribution in [3.63, 3.8) is 0 Å². The van der Waals surface area contributed by atoms with Gasteiger partial charge in [-0.15, -0.1) is 0 Å². The van der Waals surface area contributed by atoms with E-state index in [9.17, 15) is 22.8 Å². The minimum absolute atomic E-state index is 0.0141. The van der Waals surface area contributed by atoms with E-state index in [2.05, 4.69) is 0 Å². The van der Waals surface area contributed by atoms with E-state index in [4.69, 9.17) is 9.84 Å². The molecular weight excluding hydrogens is 391 g/mol. The lowest BCUT2D eigenvalue weighted by atomic mass is 10.2. The Hall–Kier alpha value is -2.85. The first kappa shape index (κ1) is 22.4. The van der Waals surface area contributed by atoms with Gasteiger partial charge in [-0.25, -0.2) is 0 Å². The Morgan fingerprint density at radius 2 is 1.76 bits per heavy atom. The molecule has 0 unspecified atom stereocenters. The summed E-state index contributed by atoms with van der Waals surface area (Å²) in [5.74, 6) is -1.15. The zero-order chi connectivity index (χ0) is 21.3. The number of nitrogens with zero attached hydrogens (tertiary/aromatic N) is 2. The van der Waals surface area contributed by atoms with Crippen molar-refractivity contribution in [1.29, 1.82) is 0 Å². The van der Waals surface area contributed by atoms with Gasteiger partial charge >= 0.3 is 6.30 Å². The van der Waals surface area contributed by atoms with Crippen molar-refractivity contribution in [3.8, 4) is 0 Å². The van der Waals surface area contributed by atoms with Gasteiger partial charge in [-0.1, -0.05) is 18.2 Å². The van der Waals surface area contributed by atoms with Crippen molar-refractivity contribution < 1.29 is 27.8 Å². The van der Waals surface area contributed by atoms with E-state index in [1.54, 1.807) is 12.3 Å². The smallest absolute Gasteiger partial charge is 0.395 e. The minimum atomic E-state index is -4.67. The number of hydrogen-bond acceptors (Lipinski definition) is 5. The highest BCUT2D eigenvalue weighted by molar-refractivity contribution is 5.94. The molecule has 0 radical (unpaired) electrons. The van der Waals surface area contributed by atoms with Crippen molar-refractivity contribution in [2.24, 2.45) is 0 Å². The van der Waals surface area contributed by atoms with E-state index < -0.39 is 12.2 Å². The van der Waals surface area contributed by atoms with Gasteiger partial charge in [0.25, 0.3) is 11.5 Å². The van der Waals surface area contributed by atoms with E-state index in [0.717, 1.165) is 18.4 Å². The first-order valence-electron chi connectivity index (χ1n) is 8.89. The fourth-order valence-corrected chi connectivity index (χ4v) is 2.64. The second kappa shape index (κ2) is 10.6. The van der Waals surface area contributed by atoms with Crippen molar-refractivity contribution in [1.82, 2.24) is 9.88 Å². The summed E-state index contributed by atoms with van der Waals surface area (Å²) < 4.78 is 41.8. The second-order valence-electron chi connectivity index (χ2n) is 6.03. The number of nitrogens with one attached hydrogen (secondary N) is 1. The lowest BCUT2D eigenvalue weighted by Crippen LogP contribution is -2.40. The molecule has 0 aliphatic carbocycles. The molecule has 1 aliphatic heterocycles. The highest BCUT2D eigenvalue weighted by atomic mass is 19.4. The van der Waals surface area contributed by atoms with Gasteiger partial charge in [0.05, 0.1) is 19.8 Å². The molecule has 2 heterocycles. The van der Waals surface area contributed by atoms with Gasteiger partial charge in [-0.3, -0.25) is 14.9 Å². The molecule has 0 saturated carbocycles. The summed E-state index contributed by atoms with van der Waals surface area (Å²) in [6.45, 7) is 3.14. The van der Waals surface area contributed by atoms with E-state index in [1.165, 1.54) is 28.8 Å². The maximum Gasteiger partial charge on any atom is 0.484 e. The standard InChI is InChI=1S/C11H16N2O3.C8H6F3NO/c14-7-4-13-3-1-2-10(11(13)15)12-5-8-16-9-6-12;9-8(10,11)12-7(13)6-4-2-1-3-5-6/h1-3,14H,4-9H2;1-5H,(H,12,13). The SMILES string of the molecule is O=C(NC(F)(F)F)c1ccccc1.O=c1c(N2CCOCC2)cccn1CCO. The summed E-state index contributed by atoms with van der Waals surface area (Å²) in [5, 5.41) is 9.75. The average Bonchev–Trinajstić information content (AvgIpc) is 2.70. The van der Waals surface area contributed by atoms with Crippen LogP contribution < -0.4 is 15.8 Å². The molecule has 7 nitrogen and oxygen atoms in total. The molecule has 10 heteroatoms. The van der Waals surface area contributed by atoms with Gasteiger partial charge in [0.2, 0.25) is 0 Å². The molecule has 1 aliphatic rings. The number of pyridine rings is 1. The Morgan fingerprint density at radius 3 is 2.34 bits per heavy atom. The van der Waals surface area contributed by atoms with Crippen LogP contribution in [0, 0.1) is 0 Å². The van der Waals surface area contributed by atoms with E-state index >= 15 is 0 Å². The van der Waals surface area contributed by atoms with Gasteiger partial charge in [0.15, 0.2) is 0 Å². The normalized spacial score (nSPS) is 14.0. The number of aromatic nitrogens is 1. The van der Waals surface area contributed by atoms with Crippen molar-refractivity contribution in [3.05, 3.63) is 64.6 Å². The van der Waals surface area contributed by atoms with E-state index in [-0.39, 0.29) is 17.7 Å². The predicted molar refractivity (Wildman–Crippen MR) is 101 cm³/mol. The molecular formula is C19H22F3N3O4. The predicted octanol–water partition coefficient (Wildman–Crippen LogP) is 1.61. The zero-order valence-corrected chi connectivity index (χ0v) is 15.6. The third-order valence-corrected chi connectivity index (χ3v) is 3.98. The molecule has 0 spiro atoms. The van der Waals surface area contributed by atoms with Gasteiger partial charge < -0.3 is 19.3 Å². The van der Waals surface area contributed by atoms with Gasteiger partial charge in [0.1, 0.15) is 5.69 Å². The number of ether oxygens (including phenoxy) is 1. The summed E-state index contributed by atoms with van der Waals surface area (Å²) in [7, 11) is 0. The minimum Gasteiger partial charge on any atom is -0.395 e. The monoisotopic (exact) mass is 413 g/mol. The van der Waals surface area contributed by atoms with Crippen LogP contribution in [0.2, 0.25) is 0 Å². The van der Waals surface area contributed by atoms with Gasteiger partial charge in [-0.05, 0) is 24.3 Å². The maximum atomic E-state index is 12.0. The lowest BCUT2D eigenvalue weighted by molar-refractivity contribution is -0.146. The summed E-state index contributed by atoms with van der Waals surface area (Å²) in [6.07, 6.45) is -2.98.